The highest BCUT2D eigenvalue weighted by Gasteiger charge is 2.03. The van der Waals surface area contributed by atoms with Gasteiger partial charge in [0.2, 0.25) is 0 Å². The maximum atomic E-state index is 9.81. The maximum absolute atomic E-state index is 9.81. The van der Waals surface area contributed by atoms with Gasteiger partial charge in [-0.25, -0.2) is 4.79 Å². The number of aromatic nitrogens is 2. The lowest BCUT2D eigenvalue weighted by atomic mass is 10.3. The predicted octanol–water partition coefficient (Wildman–Crippen LogP) is 0.584. The molecule has 0 aliphatic carbocycles. The van der Waals surface area contributed by atoms with Crippen LogP contribution in [0.5, 0.6) is 5.75 Å². The minimum atomic E-state index is 0.403. The van der Waals surface area contributed by atoms with Crippen LogP contribution in [0.3, 0.4) is 0 Å². The number of hydrogen-bond acceptors (Lipinski definition) is 3. The van der Waals surface area contributed by atoms with Gasteiger partial charge in [-0.1, -0.05) is 6.08 Å². The summed E-state index contributed by atoms with van der Waals surface area (Å²) in [5.74, 6) is 0.403. The van der Waals surface area contributed by atoms with Gasteiger partial charge in [0.15, 0.2) is 5.75 Å². The zero-order valence-corrected chi connectivity index (χ0v) is 5.83. The van der Waals surface area contributed by atoms with Crippen molar-refractivity contribution < 1.29 is 9.53 Å². The molecule has 0 saturated heterocycles. The number of rotatable bonds is 4. The highest BCUT2D eigenvalue weighted by molar-refractivity contribution is 5.46. The fourth-order valence-corrected chi connectivity index (χ4v) is 0.723. The Kier molecular flexibility index (Phi) is 2.43. The van der Waals surface area contributed by atoms with Crippen LogP contribution in [-0.4, -0.2) is 16.7 Å². The van der Waals surface area contributed by atoms with Crippen LogP contribution in [0.2, 0.25) is 0 Å². The van der Waals surface area contributed by atoms with Gasteiger partial charge in [0.1, 0.15) is 5.69 Å². The van der Waals surface area contributed by atoms with Crippen LogP contribution in [0.15, 0.2) is 18.9 Å². The number of carbonyl (C=O) groups excluding carboxylic acids is 1. The molecule has 1 rings (SSSR count). The first-order valence-corrected chi connectivity index (χ1v) is 3.06. The van der Waals surface area contributed by atoms with Crippen molar-refractivity contribution in [1.29, 1.82) is 0 Å². The number of allylic oxidation sites excluding steroid dienone is 1. The molecule has 1 aromatic rings. The monoisotopic (exact) mass is 151 g/mol. The van der Waals surface area contributed by atoms with Gasteiger partial charge in [0.25, 0.3) is 0 Å². The summed E-state index contributed by atoms with van der Waals surface area (Å²) in [5.41, 5.74) is 0.656. The summed E-state index contributed by atoms with van der Waals surface area (Å²) >= 11 is 0. The molecule has 4 nitrogen and oxygen atoms in total. The maximum Gasteiger partial charge on any atom is 0.423 e. The quantitative estimate of drug-likeness (QED) is 0.640. The molecular formula is C7H7N2O2. The molecule has 1 radical (unpaired) electrons. The normalized spacial score (nSPS) is 9.09. The Labute approximate surface area is 63.9 Å². The van der Waals surface area contributed by atoms with E-state index in [9.17, 15) is 4.79 Å². The van der Waals surface area contributed by atoms with Crippen LogP contribution in [-0.2, 0) is 11.2 Å². The Morgan fingerprint density at radius 3 is 3.36 bits per heavy atom. The van der Waals surface area contributed by atoms with Gasteiger partial charge in [-0.3, -0.25) is 5.10 Å². The zero-order chi connectivity index (χ0) is 8.10. The average molecular weight is 151 g/mol. The van der Waals surface area contributed by atoms with Gasteiger partial charge in [-0.15, -0.1) is 6.58 Å². The minimum absolute atomic E-state index is 0.403. The van der Waals surface area contributed by atoms with E-state index in [1.165, 1.54) is 12.7 Å². The highest BCUT2D eigenvalue weighted by Crippen LogP contribution is 2.14. The molecule has 1 N–H and O–H groups in total. The first-order chi connectivity index (χ1) is 5.38. The minimum Gasteiger partial charge on any atom is -0.414 e. The third-order valence-electron chi connectivity index (χ3n) is 1.17. The van der Waals surface area contributed by atoms with Gasteiger partial charge in [0, 0.05) is 6.42 Å². The van der Waals surface area contributed by atoms with Crippen molar-refractivity contribution in [3.63, 3.8) is 0 Å². The third-order valence-corrected chi connectivity index (χ3v) is 1.17. The van der Waals surface area contributed by atoms with Crippen LogP contribution in [0, 0.1) is 0 Å². The van der Waals surface area contributed by atoms with E-state index in [4.69, 9.17) is 0 Å². The molecule has 0 amide bonds. The topological polar surface area (TPSA) is 55.0 Å². The summed E-state index contributed by atoms with van der Waals surface area (Å²) in [6.45, 7) is 4.85. The summed E-state index contributed by atoms with van der Waals surface area (Å²) in [6, 6.07) is 0. The van der Waals surface area contributed by atoms with E-state index >= 15 is 0 Å². The van der Waals surface area contributed by atoms with Crippen molar-refractivity contribution in [3.8, 4) is 5.75 Å². The highest BCUT2D eigenvalue weighted by atomic mass is 16.5. The van der Waals surface area contributed by atoms with E-state index < -0.39 is 0 Å². The van der Waals surface area contributed by atoms with Crippen LogP contribution in [0.4, 0.5) is 0 Å². The Bertz CT molecular complexity index is 230. The molecular weight excluding hydrogens is 144 g/mol. The summed E-state index contributed by atoms with van der Waals surface area (Å²) in [7, 11) is 0. The van der Waals surface area contributed by atoms with E-state index in [0.29, 0.717) is 17.9 Å². The summed E-state index contributed by atoms with van der Waals surface area (Å²) in [5, 5.41) is 6.39. The summed E-state index contributed by atoms with van der Waals surface area (Å²) in [4.78, 5) is 9.81. The van der Waals surface area contributed by atoms with Crippen molar-refractivity contribution >= 4 is 6.47 Å². The molecule has 0 bridgehead atoms. The number of nitrogens with zero attached hydrogens (tertiary/aromatic N) is 1. The first kappa shape index (κ1) is 7.53. The molecule has 11 heavy (non-hydrogen) atoms. The zero-order valence-electron chi connectivity index (χ0n) is 5.83. The lowest BCUT2D eigenvalue weighted by Crippen LogP contribution is -1.91. The van der Waals surface area contributed by atoms with Gasteiger partial charge in [-0.2, -0.15) is 5.10 Å². The van der Waals surface area contributed by atoms with Crippen molar-refractivity contribution in [2.45, 2.75) is 6.42 Å². The number of nitrogens with one attached hydrogen (secondary N) is 1. The van der Waals surface area contributed by atoms with Gasteiger partial charge >= 0.3 is 6.47 Å². The van der Waals surface area contributed by atoms with E-state index in [-0.39, 0.29) is 0 Å². The van der Waals surface area contributed by atoms with Crippen LogP contribution >= 0.6 is 0 Å². The second-order valence-electron chi connectivity index (χ2n) is 1.87. The molecule has 1 heterocycles. The number of ether oxygens (including phenoxy) is 1. The largest absolute Gasteiger partial charge is 0.423 e. The third kappa shape index (κ3) is 1.67. The van der Waals surface area contributed by atoms with Gasteiger partial charge in [-0.05, 0) is 0 Å². The molecule has 0 aliphatic heterocycles. The van der Waals surface area contributed by atoms with Crippen LogP contribution in [0.25, 0.3) is 0 Å². The van der Waals surface area contributed by atoms with Crippen LogP contribution in [0.1, 0.15) is 5.69 Å². The van der Waals surface area contributed by atoms with Crippen molar-refractivity contribution in [3.05, 3.63) is 24.5 Å². The van der Waals surface area contributed by atoms with Crippen LogP contribution < -0.4 is 4.74 Å². The number of hydrogen-bond donors (Lipinski definition) is 1. The average Bonchev–Trinajstić information content (AvgIpc) is 2.39. The van der Waals surface area contributed by atoms with Crippen molar-refractivity contribution in [2.24, 2.45) is 0 Å². The fraction of sp³-hybridized carbons (Fsp3) is 0.143. The standard InChI is InChI=1S/C7H7N2O2/c1-2-3-6-7(11-5-10)4-8-9-6/h2,4H,1,3H2,(H,8,9). The number of aromatic amines is 1. The Balaban J connectivity index is 2.76. The Morgan fingerprint density at radius 1 is 1.91 bits per heavy atom. The molecule has 4 heteroatoms. The molecule has 0 spiro atoms. The lowest BCUT2D eigenvalue weighted by molar-refractivity contribution is 0.440. The Morgan fingerprint density at radius 2 is 2.73 bits per heavy atom. The molecule has 0 fully saturated rings. The summed E-state index contributed by atoms with van der Waals surface area (Å²) < 4.78 is 4.48. The second kappa shape index (κ2) is 3.55. The van der Waals surface area contributed by atoms with E-state index in [0.717, 1.165) is 0 Å². The van der Waals surface area contributed by atoms with E-state index in [2.05, 4.69) is 21.5 Å². The van der Waals surface area contributed by atoms with E-state index in [1.54, 1.807) is 6.08 Å². The smallest absolute Gasteiger partial charge is 0.414 e. The SMILES string of the molecule is C=CCc1n[nH]cc1O[C]=O. The lowest BCUT2D eigenvalue weighted by Gasteiger charge is -1.92. The number of H-pyrrole nitrogens is 1. The second-order valence-corrected chi connectivity index (χ2v) is 1.87. The van der Waals surface area contributed by atoms with Crippen molar-refractivity contribution in [1.82, 2.24) is 10.2 Å². The first-order valence-electron chi connectivity index (χ1n) is 3.06. The molecule has 0 unspecified atom stereocenters. The molecule has 57 valence electrons. The van der Waals surface area contributed by atoms with E-state index in [1.807, 2.05) is 0 Å². The molecule has 1 aromatic heterocycles. The summed E-state index contributed by atoms with van der Waals surface area (Å²) in [6.07, 6.45) is 3.73. The van der Waals surface area contributed by atoms with Gasteiger partial charge in [0.05, 0.1) is 6.20 Å². The van der Waals surface area contributed by atoms with Crippen molar-refractivity contribution in [2.75, 3.05) is 0 Å². The predicted molar refractivity (Wildman–Crippen MR) is 38.8 cm³/mol. The molecule has 0 aromatic carbocycles. The molecule has 0 atom stereocenters. The fourth-order valence-electron chi connectivity index (χ4n) is 0.723. The van der Waals surface area contributed by atoms with Gasteiger partial charge < -0.3 is 4.74 Å². The molecule has 0 aliphatic rings. The molecule has 0 saturated carbocycles. The Hall–Kier alpha value is -1.58.